The van der Waals surface area contributed by atoms with Gasteiger partial charge in [0.1, 0.15) is 29.5 Å². The predicted molar refractivity (Wildman–Crippen MR) is 177 cm³/mol. The summed E-state index contributed by atoms with van der Waals surface area (Å²) in [6.45, 7) is -0.0254. The number of alkyl halides is 1. The largest absolute Gasteiger partial charge is 0.481 e. The number of anilines is 1. The molecule has 4 aromatic rings. The van der Waals surface area contributed by atoms with Gasteiger partial charge < -0.3 is 25.5 Å². The molecule has 3 aromatic carbocycles. The Bertz CT molecular complexity index is 1660. The summed E-state index contributed by atoms with van der Waals surface area (Å²) in [5.74, 6) is -2.05. The number of nitrogens with zero attached hydrogens (tertiary/aromatic N) is 4. The second-order valence-electron chi connectivity index (χ2n) is 10.9. The summed E-state index contributed by atoms with van der Waals surface area (Å²) in [6.07, 6.45) is 0. The van der Waals surface area contributed by atoms with E-state index in [1.54, 1.807) is 0 Å². The Balaban J connectivity index is 1.28. The Kier molecular flexibility index (Phi) is 8.98. The molecule has 2 saturated heterocycles. The van der Waals surface area contributed by atoms with Gasteiger partial charge in [0, 0.05) is 29.7 Å². The number of aliphatic carboxylic acids is 1. The van der Waals surface area contributed by atoms with Crippen LogP contribution < -0.4 is 10.6 Å². The molecule has 1 unspecified atom stereocenters. The summed E-state index contributed by atoms with van der Waals surface area (Å²) < 4.78 is 4.44. The Morgan fingerprint density at radius 3 is 2.11 bits per heavy atom. The second kappa shape index (κ2) is 13.1. The number of β-lactam (4-membered cyclic amide) rings is 1. The molecule has 3 heterocycles. The van der Waals surface area contributed by atoms with Gasteiger partial charge in [0.05, 0.1) is 0 Å². The average molecular weight is 677 g/mol. The van der Waals surface area contributed by atoms with Crippen molar-refractivity contribution in [3.63, 3.8) is 0 Å². The summed E-state index contributed by atoms with van der Waals surface area (Å²) in [6, 6.07) is 29.1. The van der Waals surface area contributed by atoms with Crippen LogP contribution in [0.1, 0.15) is 22.5 Å². The van der Waals surface area contributed by atoms with Crippen LogP contribution >= 0.6 is 34.9 Å². The molecule has 6 rings (SSSR count). The quantitative estimate of drug-likeness (QED) is 0.0705. The fourth-order valence-corrected chi connectivity index (χ4v) is 8.26. The Labute approximate surface area is 278 Å². The van der Waals surface area contributed by atoms with E-state index in [0.717, 1.165) is 28.2 Å². The van der Waals surface area contributed by atoms with E-state index in [1.165, 1.54) is 23.8 Å². The second-order valence-corrected chi connectivity index (χ2v) is 13.0. The van der Waals surface area contributed by atoms with E-state index in [-0.39, 0.29) is 29.7 Å². The first-order valence-corrected chi connectivity index (χ1v) is 16.6. The van der Waals surface area contributed by atoms with E-state index in [1.807, 2.05) is 91.0 Å². The number of carboxylic acid groups (broad SMARTS) is 1. The van der Waals surface area contributed by atoms with Crippen LogP contribution in [0.3, 0.4) is 0 Å². The smallest absolute Gasteiger partial charge is 0.313 e. The number of nitrogens with one attached hydrogen (secondary N) is 2. The molecule has 3 atom stereocenters. The third-order valence-corrected chi connectivity index (χ3v) is 10.8. The third-order valence-electron chi connectivity index (χ3n) is 8.09. The summed E-state index contributed by atoms with van der Waals surface area (Å²) >= 11 is 8.30. The van der Waals surface area contributed by atoms with Crippen molar-refractivity contribution in [2.45, 2.75) is 17.0 Å². The normalized spacial score (nSPS) is 21.1. The molecule has 0 bridgehead atoms. The summed E-state index contributed by atoms with van der Waals surface area (Å²) in [5, 5.41) is 19.9. The number of carbonyl (C=O) groups excluding carboxylic acids is 2. The van der Waals surface area contributed by atoms with Gasteiger partial charge >= 0.3 is 5.97 Å². The predicted octanol–water partition coefficient (Wildman–Crippen LogP) is 4.00. The number of amides is 2. The van der Waals surface area contributed by atoms with Gasteiger partial charge in [-0.25, -0.2) is 0 Å². The number of hydrogen-bond acceptors (Lipinski definition) is 10. The number of hydrogen-bond donors (Lipinski definition) is 3. The average Bonchev–Trinajstić information content (AvgIpc) is 3.57. The molecule has 236 valence electrons. The zero-order valence-electron chi connectivity index (χ0n) is 24.5. The van der Waals surface area contributed by atoms with E-state index in [0.29, 0.717) is 5.13 Å². The van der Waals surface area contributed by atoms with Gasteiger partial charge in [-0.3, -0.25) is 14.4 Å². The first-order chi connectivity index (χ1) is 22.3. The molecular formula is C32H29ClN6O5S2. The first-order valence-electron chi connectivity index (χ1n) is 14.3. The monoisotopic (exact) mass is 676 g/mol. The third kappa shape index (κ3) is 5.59. The number of aromatic nitrogens is 2. The minimum atomic E-state index is -1.24. The topological polar surface area (TPSA) is 146 Å². The van der Waals surface area contributed by atoms with Gasteiger partial charge in [-0.05, 0) is 16.7 Å². The van der Waals surface area contributed by atoms with Crippen molar-refractivity contribution in [2.24, 2.45) is 10.6 Å². The Hall–Kier alpha value is -4.46. The SMILES string of the molecule is CON=C(C(=O)N[C@@H]1C(=O)N2CC(CCl)(C(=O)O)CS[C@H]12)c1nsc(NC(c2ccccc2)(c2ccccc2)c2ccccc2)n1. The zero-order chi connectivity index (χ0) is 32.3. The number of carboxylic acids is 1. The molecule has 0 spiro atoms. The van der Waals surface area contributed by atoms with Crippen molar-refractivity contribution >= 4 is 63.5 Å². The van der Waals surface area contributed by atoms with Crippen LogP contribution in [-0.4, -0.2) is 79.6 Å². The lowest BCUT2D eigenvalue weighted by atomic mass is 9.77. The summed E-state index contributed by atoms with van der Waals surface area (Å²) in [5.41, 5.74) is 0.586. The van der Waals surface area contributed by atoms with Crippen LogP contribution in [0.4, 0.5) is 5.13 Å². The van der Waals surface area contributed by atoms with Crippen LogP contribution in [0.2, 0.25) is 0 Å². The van der Waals surface area contributed by atoms with Crippen LogP contribution in [-0.2, 0) is 24.8 Å². The van der Waals surface area contributed by atoms with Gasteiger partial charge in [0.15, 0.2) is 0 Å². The molecule has 14 heteroatoms. The molecule has 2 aliphatic heterocycles. The molecule has 46 heavy (non-hydrogen) atoms. The van der Waals surface area contributed by atoms with Crippen molar-refractivity contribution in [3.05, 3.63) is 114 Å². The molecule has 2 aliphatic rings. The van der Waals surface area contributed by atoms with Crippen LogP contribution in [0.5, 0.6) is 0 Å². The summed E-state index contributed by atoms with van der Waals surface area (Å²) in [4.78, 5) is 49.4. The molecule has 2 fully saturated rings. The van der Waals surface area contributed by atoms with Crippen molar-refractivity contribution in [3.8, 4) is 0 Å². The van der Waals surface area contributed by atoms with E-state index in [9.17, 15) is 19.5 Å². The van der Waals surface area contributed by atoms with Crippen LogP contribution in [0, 0.1) is 5.41 Å². The van der Waals surface area contributed by atoms with Crippen molar-refractivity contribution in [1.82, 2.24) is 19.6 Å². The van der Waals surface area contributed by atoms with E-state index in [4.69, 9.17) is 16.4 Å². The number of halogens is 1. The van der Waals surface area contributed by atoms with Gasteiger partial charge in [0.25, 0.3) is 5.91 Å². The maximum atomic E-state index is 13.5. The molecule has 3 N–H and O–H groups in total. The Morgan fingerprint density at radius 1 is 1.04 bits per heavy atom. The highest BCUT2D eigenvalue weighted by Crippen LogP contribution is 2.43. The zero-order valence-corrected chi connectivity index (χ0v) is 26.9. The minimum absolute atomic E-state index is 0.0156. The lowest BCUT2D eigenvalue weighted by molar-refractivity contribution is -0.157. The van der Waals surface area contributed by atoms with E-state index in [2.05, 4.69) is 25.1 Å². The van der Waals surface area contributed by atoms with Gasteiger partial charge in [0.2, 0.25) is 22.6 Å². The minimum Gasteiger partial charge on any atom is -0.481 e. The maximum absolute atomic E-state index is 13.5. The molecule has 11 nitrogen and oxygen atoms in total. The number of benzene rings is 3. The molecule has 2 amide bonds. The molecule has 0 aliphatic carbocycles. The van der Waals surface area contributed by atoms with Crippen LogP contribution in [0.15, 0.2) is 96.2 Å². The molecule has 1 aromatic heterocycles. The standard InChI is InChI=1S/C32H29ClN6O5S2/c1-44-37-23(26(40)34-24-27(41)39-18-31(17-33,29(42)43)19-45-28(24)39)25-35-30(46-38-25)36-32(20-11-5-2-6-12-20,21-13-7-3-8-14-21)22-15-9-4-10-16-22/h2-16,24,28H,17-19H2,1H3,(H,34,40)(H,42,43)(H,35,36,38)/t24-,28-,31?/m1/s1. The highest BCUT2D eigenvalue weighted by Gasteiger charge is 2.57. The number of carbonyl (C=O) groups is 3. The summed E-state index contributed by atoms with van der Waals surface area (Å²) in [7, 11) is 1.30. The number of rotatable bonds is 11. The molecule has 0 saturated carbocycles. The van der Waals surface area contributed by atoms with E-state index >= 15 is 0 Å². The lowest BCUT2D eigenvalue weighted by Crippen LogP contribution is -2.74. The fraction of sp³-hybridized carbons (Fsp3) is 0.250. The first kappa shape index (κ1) is 31.5. The van der Waals surface area contributed by atoms with Crippen molar-refractivity contribution in [2.75, 3.05) is 30.6 Å². The fourth-order valence-electron chi connectivity index (χ4n) is 5.69. The van der Waals surface area contributed by atoms with E-state index < -0.39 is 40.2 Å². The lowest BCUT2D eigenvalue weighted by Gasteiger charge is -2.53. The molecular weight excluding hydrogens is 648 g/mol. The van der Waals surface area contributed by atoms with Gasteiger partial charge in [-0.15, -0.1) is 23.4 Å². The van der Waals surface area contributed by atoms with Crippen LogP contribution in [0.25, 0.3) is 0 Å². The highest BCUT2D eigenvalue weighted by molar-refractivity contribution is 8.00. The maximum Gasteiger partial charge on any atom is 0.313 e. The van der Waals surface area contributed by atoms with Gasteiger partial charge in [-0.1, -0.05) is 96.2 Å². The number of oxime groups is 1. The highest BCUT2D eigenvalue weighted by atomic mass is 35.5. The number of thioether (sulfide) groups is 1. The molecule has 0 radical (unpaired) electrons. The Morgan fingerprint density at radius 2 is 1.61 bits per heavy atom. The van der Waals surface area contributed by atoms with Gasteiger partial charge in [-0.2, -0.15) is 9.36 Å². The van der Waals surface area contributed by atoms with Crippen molar-refractivity contribution < 1.29 is 24.3 Å². The van der Waals surface area contributed by atoms with Crippen molar-refractivity contribution in [1.29, 1.82) is 0 Å². The number of fused-ring (bicyclic) bond motifs is 1.